The molecule has 0 aliphatic heterocycles. The lowest BCUT2D eigenvalue weighted by Crippen LogP contribution is -2.27. The average molecular weight is 354 g/mol. The summed E-state index contributed by atoms with van der Waals surface area (Å²) in [6.07, 6.45) is 0.341. The highest BCUT2D eigenvalue weighted by atomic mass is 32.1. The van der Waals surface area contributed by atoms with Gasteiger partial charge in [0.1, 0.15) is 5.82 Å². The number of carbonyl (C=O) groups excluding carboxylic acids is 1. The lowest BCUT2D eigenvalue weighted by atomic mass is 10.1. The van der Waals surface area contributed by atoms with Crippen LogP contribution in [0.3, 0.4) is 0 Å². The van der Waals surface area contributed by atoms with E-state index in [1.165, 1.54) is 12.1 Å². The molecule has 0 aliphatic rings. The van der Waals surface area contributed by atoms with Gasteiger partial charge in [0.2, 0.25) is 5.91 Å². The number of rotatable bonds is 5. The first-order valence-corrected chi connectivity index (χ1v) is 8.89. The number of aryl methyl sites for hydroxylation is 1. The van der Waals surface area contributed by atoms with E-state index in [0.717, 1.165) is 27.4 Å². The van der Waals surface area contributed by atoms with E-state index in [4.69, 9.17) is 0 Å². The first-order valence-electron chi connectivity index (χ1n) is 8.01. The van der Waals surface area contributed by atoms with E-state index < -0.39 is 0 Å². The summed E-state index contributed by atoms with van der Waals surface area (Å²) < 4.78 is 12.9. The summed E-state index contributed by atoms with van der Waals surface area (Å²) in [5.74, 6) is -0.241. The molecule has 1 aromatic heterocycles. The fraction of sp³-hybridized carbons (Fsp3) is 0.200. The Morgan fingerprint density at radius 2 is 1.72 bits per heavy atom. The lowest BCUT2D eigenvalue weighted by Gasteiger charge is -2.17. The van der Waals surface area contributed by atoms with Crippen LogP contribution in [0, 0.1) is 12.7 Å². The highest BCUT2D eigenvalue weighted by Crippen LogP contribution is 2.22. The van der Waals surface area contributed by atoms with Gasteiger partial charge in [-0.1, -0.05) is 36.4 Å². The maximum Gasteiger partial charge on any atom is 0.227 e. The van der Waals surface area contributed by atoms with E-state index in [0.29, 0.717) is 13.0 Å². The van der Waals surface area contributed by atoms with Crippen LogP contribution in [0.5, 0.6) is 0 Å². The zero-order valence-electron chi connectivity index (χ0n) is 14.2. The molecule has 0 bridgehead atoms. The topological polar surface area (TPSA) is 33.2 Å². The third-order valence-corrected chi connectivity index (χ3v) is 4.76. The van der Waals surface area contributed by atoms with Crippen LogP contribution in [-0.2, 0) is 17.8 Å². The van der Waals surface area contributed by atoms with Crippen LogP contribution in [0.1, 0.15) is 16.1 Å². The highest BCUT2D eigenvalue weighted by molar-refractivity contribution is 7.09. The van der Waals surface area contributed by atoms with Gasteiger partial charge in [0, 0.05) is 24.5 Å². The Balaban J connectivity index is 1.61. The van der Waals surface area contributed by atoms with E-state index in [1.807, 2.05) is 36.6 Å². The molecule has 3 rings (SSSR count). The summed E-state index contributed by atoms with van der Waals surface area (Å²) in [5.41, 5.74) is 3.90. The Bertz CT molecular complexity index is 856. The molecule has 0 radical (unpaired) electrons. The molecule has 0 unspecified atom stereocenters. The molecule has 1 amide bonds. The average Bonchev–Trinajstić information content (AvgIpc) is 3.04. The minimum atomic E-state index is -0.270. The molecule has 0 spiro atoms. The van der Waals surface area contributed by atoms with E-state index in [1.54, 1.807) is 35.4 Å². The minimum absolute atomic E-state index is 0.0292. The second-order valence-electron chi connectivity index (χ2n) is 6.00. The van der Waals surface area contributed by atoms with Crippen molar-refractivity contribution in [3.8, 4) is 11.3 Å². The standard InChI is InChI=1S/C20H19FN2OS/c1-14-22-19(13-25-14)17-7-3-15(4-8-17)11-20(24)23(2)12-16-5-9-18(21)10-6-16/h3-10,13H,11-12H2,1-2H3. The summed E-state index contributed by atoms with van der Waals surface area (Å²) in [6.45, 7) is 2.45. The zero-order valence-corrected chi connectivity index (χ0v) is 15.0. The van der Waals surface area contributed by atoms with E-state index in [-0.39, 0.29) is 11.7 Å². The van der Waals surface area contributed by atoms with Crippen LogP contribution in [-0.4, -0.2) is 22.8 Å². The SMILES string of the molecule is Cc1nc(-c2ccc(CC(=O)N(C)Cc3ccc(F)cc3)cc2)cs1. The number of carbonyl (C=O) groups is 1. The van der Waals surface area contributed by atoms with Crippen molar-refractivity contribution in [1.29, 1.82) is 0 Å². The zero-order chi connectivity index (χ0) is 17.8. The van der Waals surface area contributed by atoms with Crippen LogP contribution in [0.2, 0.25) is 0 Å². The molecule has 3 nitrogen and oxygen atoms in total. The number of nitrogens with zero attached hydrogens (tertiary/aromatic N) is 2. The number of hydrogen-bond donors (Lipinski definition) is 0. The molecular formula is C20H19FN2OS. The van der Waals surface area contributed by atoms with E-state index in [9.17, 15) is 9.18 Å². The second kappa shape index (κ2) is 7.57. The Hall–Kier alpha value is -2.53. The Kier molecular flexibility index (Phi) is 5.24. The lowest BCUT2D eigenvalue weighted by molar-refractivity contribution is -0.129. The maximum atomic E-state index is 12.9. The van der Waals surface area contributed by atoms with Crippen LogP contribution < -0.4 is 0 Å². The molecule has 0 saturated heterocycles. The van der Waals surface area contributed by atoms with Crippen LogP contribution in [0.4, 0.5) is 4.39 Å². The van der Waals surface area contributed by atoms with Gasteiger partial charge in [-0.05, 0) is 30.2 Å². The molecule has 1 heterocycles. The largest absolute Gasteiger partial charge is 0.341 e. The molecule has 3 aromatic rings. The van der Waals surface area contributed by atoms with Crippen molar-refractivity contribution in [3.63, 3.8) is 0 Å². The number of amides is 1. The first kappa shape index (κ1) is 17.3. The summed E-state index contributed by atoms with van der Waals surface area (Å²) >= 11 is 1.62. The summed E-state index contributed by atoms with van der Waals surface area (Å²) in [5, 5.41) is 3.07. The fourth-order valence-corrected chi connectivity index (χ4v) is 3.17. The Labute approximate surface area is 150 Å². The van der Waals surface area contributed by atoms with Crippen molar-refractivity contribution in [2.24, 2.45) is 0 Å². The van der Waals surface area contributed by atoms with Gasteiger partial charge in [-0.15, -0.1) is 11.3 Å². The highest BCUT2D eigenvalue weighted by Gasteiger charge is 2.11. The Morgan fingerprint density at radius 3 is 2.32 bits per heavy atom. The molecule has 128 valence electrons. The molecule has 0 atom stereocenters. The third kappa shape index (κ3) is 4.51. The first-order chi connectivity index (χ1) is 12.0. The molecular weight excluding hydrogens is 335 g/mol. The minimum Gasteiger partial charge on any atom is -0.341 e. The van der Waals surface area contributed by atoms with Crippen LogP contribution in [0.25, 0.3) is 11.3 Å². The molecule has 2 aromatic carbocycles. The normalized spacial score (nSPS) is 10.7. The number of benzene rings is 2. The molecule has 0 aliphatic carbocycles. The van der Waals surface area contributed by atoms with Gasteiger partial charge in [0.25, 0.3) is 0 Å². The predicted octanol–water partition coefficient (Wildman–Crippen LogP) is 4.46. The van der Waals surface area contributed by atoms with Gasteiger partial charge in [-0.25, -0.2) is 9.37 Å². The number of likely N-dealkylation sites (N-methyl/N-ethyl adjacent to an activating group) is 1. The summed E-state index contributed by atoms with van der Waals surface area (Å²) in [7, 11) is 1.76. The second-order valence-corrected chi connectivity index (χ2v) is 7.06. The molecule has 0 saturated carbocycles. The van der Waals surface area contributed by atoms with E-state index >= 15 is 0 Å². The Morgan fingerprint density at radius 1 is 1.08 bits per heavy atom. The molecule has 5 heteroatoms. The van der Waals surface area contributed by atoms with Crippen molar-refractivity contribution in [2.45, 2.75) is 19.9 Å². The van der Waals surface area contributed by atoms with Gasteiger partial charge in [-0.2, -0.15) is 0 Å². The van der Waals surface area contributed by atoms with Gasteiger partial charge >= 0.3 is 0 Å². The quantitative estimate of drug-likeness (QED) is 0.678. The monoisotopic (exact) mass is 354 g/mol. The van der Waals surface area contributed by atoms with Crippen LogP contribution in [0.15, 0.2) is 53.9 Å². The smallest absolute Gasteiger partial charge is 0.227 e. The van der Waals surface area contributed by atoms with Gasteiger partial charge < -0.3 is 4.90 Å². The van der Waals surface area contributed by atoms with Gasteiger partial charge in [0.15, 0.2) is 0 Å². The number of halogens is 1. The fourth-order valence-electron chi connectivity index (χ4n) is 2.55. The number of aromatic nitrogens is 1. The molecule has 0 N–H and O–H groups in total. The van der Waals surface area contributed by atoms with Crippen molar-refractivity contribution in [3.05, 3.63) is 75.9 Å². The summed E-state index contributed by atoms with van der Waals surface area (Å²) in [6, 6.07) is 14.1. The third-order valence-electron chi connectivity index (χ3n) is 3.98. The van der Waals surface area contributed by atoms with E-state index in [2.05, 4.69) is 4.98 Å². The van der Waals surface area contributed by atoms with Crippen molar-refractivity contribution in [2.75, 3.05) is 7.05 Å². The number of hydrogen-bond acceptors (Lipinski definition) is 3. The van der Waals surface area contributed by atoms with Crippen molar-refractivity contribution in [1.82, 2.24) is 9.88 Å². The van der Waals surface area contributed by atoms with Crippen molar-refractivity contribution >= 4 is 17.2 Å². The molecule has 0 fully saturated rings. The predicted molar refractivity (Wildman–Crippen MR) is 98.9 cm³/mol. The van der Waals surface area contributed by atoms with Gasteiger partial charge in [0.05, 0.1) is 17.1 Å². The number of thiazole rings is 1. The van der Waals surface area contributed by atoms with Crippen molar-refractivity contribution < 1.29 is 9.18 Å². The van der Waals surface area contributed by atoms with Crippen LogP contribution >= 0.6 is 11.3 Å². The summed E-state index contributed by atoms with van der Waals surface area (Å²) in [4.78, 5) is 18.5. The van der Waals surface area contributed by atoms with Gasteiger partial charge in [-0.3, -0.25) is 4.79 Å². The molecule has 25 heavy (non-hydrogen) atoms. The maximum absolute atomic E-state index is 12.9.